The molecule has 0 saturated heterocycles. The number of nitrogens with one attached hydrogen (secondary N) is 1. The number of carbonyl (C=O) groups is 2. The van der Waals surface area contributed by atoms with Gasteiger partial charge in [0.2, 0.25) is 0 Å². The van der Waals surface area contributed by atoms with Crippen molar-refractivity contribution in [3.05, 3.63) is 69.3 Å². The minimum Gasteiger partial charge on any atom is -0.480 e. The van der Waals surface area contributed by atoms with Gasteiger partial charge in [-0.2, -0.15) is 5.10 Å². The van der Waals surface area contributed by atoms with Crippen molar-refractivity contribution in [2.75, 3.05) is 13.2 Å². The summed E-state index contributed by atoms with van der Waals surface area (Å²) in [6.07, 6.45) is 0. The fourth-order valence-corrected chi connectivity index (χ4v) is 3.70. The van der Waals surface area contributed by atoms with Gasteiger partial charge in [-0.3, -0.25) is 4.79 Å². The first-order valence-electron chi connectivity index (χ1n) is 10.7. The smallest absolute Gasteiger partial charge is 0.329 e. The average molecular weight is 514 g/mol. The Morgan fingerprint density at radius 2 is 1.83 bits per heavy atom. The summed E-state index contributed by atoms with van der Waals surface area (Å²) in [5, 5.41) is 17.2. The molecule has 0 spiro atoms. The standard InChI is InChI=1S/C26H25Cl2N3O4/c1-16-23(25(34)29-26(2,3)4)30-31(24(16)18-8-10-19(27)11-9-18)21-12-7-17(14-20(21)28)6-5-13-35-15-22(32)33/h7-12,14H,13,15H2,1-4H3,(H,29,34)(H,32,33). The van der Waals surface area contributed by atoms with Gasteiger partial charge in [0, 0.05) is 27.3 Å². The van der Waals surface area contributed by atoms with Gasteiger partial charge in [0.25, 0.3) is 5.91 Å². The number of benzene rings is 2. The number of amides is 1. The number of aliphatic carboxylic acids is 1. The molecule has 0 atom stereocenters. The fraction of sp³-hybridized carbons (Fsp3) is 0.269. The first kappa shape index (κ1) is 26.3. The van der Waals surface area contributed by atoms with Crippen molar-refractivity contribution in [1.29, 1.82) is 0 Å². The Balaban J connectivity index is 2.03. The number of carboxylic acid groups (broad SMARTS) is 1. The molecule has 1 heterocycles. The maximum absolute atomic E-state index is 13.0. The van der Waals surface area contributed by atoms with Gasteiger partial charge in [0.15, 0.2) is 5.69 Å². The molecule has 0 aliphatic carbocycles. The van der Waals surface area contributed by atoms with Crippen LogP contribution in [0.4, 0.5) is 0 Å². The topological polar surface area (TPSA) is 93.5 Å². The highest BCUT2D eigenvalue weighted by molar-refractivity contribution is 6.32. The van der Waals surface area contributed by atoms with Crippen LogP contribution < -0.4 is 5.32 Å². The number of hydrogen-bond donors (Lipinski definition) is 2. The Hall–Kier alpha value is -3.31. The predicted octanol–water partition coefficient (Wildman–Crippen LogP) is 5.14. The summed E-state index contributed by atoms with van der Waals surface area (Å²) in [7, 11) is 0. The summed E-state index contributed by atoms with van der Waals surface area (Å²) in [5.41, 5.74) is 3.29. The number of hydrogen-bond acceptors (Lipinski definition) is 4. The normalized spacial score (nSPS) is 11.0. The first-order chi connectivity index (χ1) is 16.5. The lowest BCUT2D eigenvalue weighted by Crippen LogP contribution is -2.41. The maximum atomic E-state index is 13.0. The lowest BCUT2D eigenvalue weighted by Gasteiger charge is -2.19. The molecular formula is C26H25Cl2N3O4. The molecule has 3 rings (SSSR count). The van der Waals surface area contributed by atoms with Crippen LogP contribution in [0, 0.1) is 18.8 Å². The van der Waals surface area contributed by atoms with Crippen LogP contribution in [0.3, 0.4) is 0 Å². The lowest BCUT2D eigenvalue weighted by molar-refractivity contribution is -0.141. The van der Waals surface area contributed by atoms with Gasteiger partial charge in [0.05, 0.1) is 16.4 Å². The quantitative estimate of drug-likeness (QED) is 0.351. The molecule has 0 aliphatic heterocycles. The molecule has 2 aromatic carbocycles. The van der Waals surface area contributed by atoms with Crippen LogP contribution >= 0.6 is 23.2 Å². The Labute approximate surface area is 214 Å². The van der Waals surface area contributed by atoms with E-state index in [1.54, 1.807) is 35.0 Å². The van der Waals surface area contributed by atoms with E-state index < -0.39 is 18.1 Å². The molecule has 182 valence electrons. The molecule has 0 radical (unpaired) electrons. The third-order valence-corrected chi connectivity index (χ3v) is 5.31. The second-order valence-corrected chi connectivity index (χ2v) is 9.64. The van der Waals surface area contributed by atoms with Crippen molar-refractivity contribution in [2.45, 2.75) is 33.2 Å². The molecule has 1 aromatic heterocycles. The van der Waals surface area contributed by atoms with Crippen LogP contribution in [0.1, 0.15) is 42.4 Å². The molecule has 0 unspecified atom stereocenters. The van der Waals surface area contributed by atoms with Crippen molar-refractivity contribution in [3.63, 3.8) is 0 Å². The summed E-state index contributed by atoms with van der Waals surface area (Å²) >= 11 is 12.7. The van der Waals surface area contributed by atoms with Crippen molar-refractivity contribution >= 4 is 35.1 Å². The summed E-state index contributed by atoms with van der Waals surface area (Å²) in [5.74, 6) is 4.30. The zero-order valence-corrected chi connectivity index (χ0v) is 21.3. The highest BCUT2D eigenvalue weighted by Crippen LogP contribution is 2.32. The Kier molecular flexibility index (Phi) is 8.23. The monoisotopic (exact) mass is 513 g/mol. The van der Waals surface area contributed by atoms with E-state index in [1.807, 2.05) is 39.8 Å². The lowest BCUT2D eigenvalue weighted by atomic mass is 10.0. The number of ether oxygens (including phenoxy) is 1. The molecule has 0 bridgehead atoms. The van der Waals surface area contributed by atoms with Crippen molar-refractivity contribution < 1.29 is 19.4 Å². The molecular weight excluding hydrogens is 489 g/mol. The largest absolute Gasteiger partial charge is 0.480 e. The maximum Gasteiger partial charge on any atom is 0.329 e. The second-order valence-electron chi connectivity index (χ2n) is 8.80. The summed E-state index contributed by atoms with van der Waals surface area (Å²) in [6, 6.07) is 12.5. The Morgan fingerprint density at radius 1 is 1.14 bits per heavy atom. The van der Waals surface area contributed by atoms with E-state index in [-0.39, 0.29) is 12.5 Å². The van der Waals surface area contributed by atoms with Crippen molar-refractivity contribution in [1.82, 2.24) is 15.1 Å². The van der Waals surface area contributed by atoms with Crippen LogP contribution in [0.25, 0.3) is 16.9 Å². The van der Waals surface area contributed by atoms with Crippen LogP contribution in [-0.4, -0.2) is 45.5 Å². The number of carbonyl (C=O) groups excluding carboxylic acids is 1. The summed E-state index contributed by atoms with van der Waals surface area (Å²) < 4.78 is 6.56. The molecule has 0 fully saturated rings. The van der Waals surface area contributed by atoms with Gasteiger partial charge in [-0.05, 0) is 58.0 Å². The molecule has 0 aliphatic rings. The number of nitrogens with zero attached hydrogens (tertiary/aromatic N) is 2. The molecule has 1 amide bonds. The summed E-state index contributed by atoms with van der Waals surface area (Å²) in [6.45, 7) is 7.13. The third-order valence-electron chi connectivity index (χ3n) is 4.75. The third kappa shape index (κ3) is 6.86. The zero-order valence-electron chi connectivity index (χ0n) is 19.8. The van der Waals surface area contributed by atoms with E-state index in [0.29, 0.717) is 38.2 Å². The molecule has 35 heavy (non-hydrogen) atoms. The van der Waals surface area contributed by atoms with E-state index in [4.69, 9.17) is 33.0 Å². The molecule has 3 aromatic rings. The molecule has 7 nitrogen and oxygen atoms in total. The van der Waals surface area contributed by atoms with Gasteiger partial charge in [-0.25, -0.2) is 9.48 Å². The highest BCUT2D eigenvalue weighted by atomic mass is 35.5. The Bertz CT molecular complexity index is 1310. The Morgan fingerprint density at radius 3 is 2.43 bits per heavy atom. The molecule has 2 N–H and O–H groups in total. The van der Waals surface area contributed by atoms with E-state index in [9.17, 15) is 9.59 Å². The summed E-state index contributed by atoms with van der Waals surface area (Å²) in [4.78, 5) is 23.5. The van der Waals surface area contributed by atoms with E-state index >= 15 is 0 Å². The van der Waals surface area contributed by atoms with Gasteiger partial charge in [-0.1, -0.05) is 47.2 Å². The van der Waals surface area contributed by atoms with E-state index in [2.05, 4.69) is 22.3 Å². The van der Waals surface area contributed by atoms with Gasteiger partial charge in [-0.15, -0.1) is 0 Å². The van der Waals surface area contributed by atoms with Crippen molar-refractivity contribution in [3.8, 4) is 28.8 Å². The SMILES string of the molecule is Cc1c(C(=O)NC(C)(C)C)nn(-c2ccc(C#CCOCC(=O)O)cc2Cl)c1-c1ccc(Cl)cc1. The average Bonchev–Trinajstić information content (AvgIpc) is 3.10. The number of rotatable bonds is 6. The van der Waals surface area contributed by atoms with Crippen LogP contribution in [0.2, 0.25) is 10.0 Å². The van der Waals surface area contributed by atoms with E-state index in [0.717, 1.165) is 5.56 Å². The van der Waals surface area contributed by atoms with Crippen LogP contribution in [0.5, 0.6) is 0 Å². The van der Waals surface area contributed by atoms with E-state index in [1.165, 1.54) is 0 Å². The second kappa shape index (κ2) is 11.0. The van der Waals surface area contributed by atoms with Crippen LogP contribution in [0.15, 0.2) is 42.5 Å². The minimum atomic E-state index is -1.05. The molecule has 9 heteroatoms. The number of aromatic nitrogens is 2. The zero-order chi connectivity index (χ0) is 25.8. The molecule has 0 saturated carbocycles. The van der Waals surface area contributed by atoms with Crippen molar-refractivity contribution in [2.24, 2.45) is 0 Å². The predicted molar refractivity (Wildman–Crippen MR) is 136 cm³/mol. The van der Waals surface area contributed by atoms with Gasteiger partial charge < -0.3 is 15.2 Å². The van der Waals surface area contributed by atoms with Crippen LogP contribution in [-0.2, 0) is 9.53 Å². The highest BCUT2D eigenvalue weighted by Gasteiger charge is 2.25. The van der Waals surface area contributed by atoms with Gasteiger partial charge >= 0.3 is 5.97 Å². The fourth-order valence-electron chi connectivity index (χ4n) is 3.32. The number of carboxylic acids is 1. The minimum absolute atomic E-state index is 0.0169. The van der Waals surface area contributed by atoms with Gasteiger partial charge in [0.1, 0.15) is 13.2 Å². The first-order valence-corrected chi connectivity index (χ1v) is 11.5. The number of halogens is 2.